The van der Waals surface area contributed by atoms with Crippen molar-refractivity contribution in [3.05, 3.63) is 12.2 Å². The lowest BCUT2D eigenvalue weighted by Gasteiger charge is -2.24. The Kier molecular flexibility index (Phi) is 33.8. The third kappa shape index (κ3) is 39.9. The summed E-state index contributed by atoms with van der Waals surface area (Å²) in [6.07, 6.45) is 39.7. The summed E-state index contributed by atoms with van der Waals surface area (Å²) in [5, 5.41) is 9.90. The zero-order chi connectivity index (χ0) is 36.3. The summed E-state index contributed by atoms with van der Waals surface area (Å²) in [4.78, 5) is 21.6. The molecule has 8 nitrogen and oxygen atoms in total. The molecule has 0 aliphatic carbocycles. The van der Waals surface area contributed by atoms with E-state index in [1.807, 2.05) is 21.1 Å². The number of ether oxygens (including phenoxy) is 1. The second-order valence-electron chi connectivity index (χ2n) is 15.2. The van der Waals surface area contributed by atoms with Crippen LogP contribution in [0.3, 0.4) is 0 Å². The zero-order valence-corrected chi connectivity index (χ0v) is 33.6. The summed E-state index contributed by atoms with van der Waals surface area (Å²) >= 11 is 0. The van der Waals surface area contributed by atoms with E-state index in [0.717, 1.165) is 19.3 Å². The molecule has 0 aromatic carbocycles. The number of aliphatic hydroxyl groups excluding tert-OH is 1. The minimum atomic E-state index is -4.25. The Labute approximate surface area is 303 Å². The van der Waals surface area contributed by atoms with Gasteiger partial charge in [0.1, 0.15) is 25.9 Å². The van der Waals surface area contributed by atoms with Crippen molar-refractivity contribution in [1.29, 1.82) is 0 Å². The van der Waals surface area contributed by atoms with Gasteiger partial charge < -0.3 is 19.2 Å². The second kappa shape index (κ2) is 34.3. The molecule has 0 saturated carbocycles. The molecule has 0 rings (SSSR count). The molecule has 0 spiro atoms. The highest BCUT2D eigenvalue weighted by Gasteiger charge is 2.24. The summed E-state index contributed by atoms with van der Waals surface area (Å²) in [5.74, 6) is -0.367. The van der Waals surface area contributed by atoms with Crippen LogP contribution >= 0.6 is 7.82 Å². The van der Waals surface area contributed by atoms with Crippen LogP contribution in [0.2, 0.25) is 0 Å². The van der Waals surface area contributed by atoms with Gasteiger partial charge in [0.05, 0.1) is 27.7 Å². The average Bonchev–Trinajstić information content (AvgIpc) is 3.05. The largest absolute Gasteiger partial charge is 0.472 e. The minimum Gasteiger partial charge on any atom is -0.463 e. The average molecular weight is 719 g/mol. The summed E-state index contributed by atoms with van der Waals surface area (Å²) in [5.41, 5.74) is 0. The van der Waals surface area contributed by atoms with E-state index in [1.54, 1.807) is 0 Å². The maximum absolute atomic E-state index is 11.9. The highest BCUT2D eigenvalue weighted by Crippen LogP contribution is 2.43. The van der Waals surface area contributed by atoms with Crippen molar-refractivity contribution in [2.75, 3.05) is 47.5 Å². The fourth-order valence-electron chi connectivity index (χ4n) is 5.77. The molecule has 0 aliphatic rings. The Morgan fingerprint density at radius 3 is 1.41 bits per heavy atom. The number of allylic oxidation sites excluding steroid dienone is 2. The fourth-order valence-corrected chi connectivity index (χ4v) is 6.52. The number of carbonyl (C=O) groups excluding carboxylic acids is 1. The van der Waals surface area contributed by atoms with Crippen LogP contribution in [0.25, 0.3) is 0 Å². The van der Waals surface area contributed by atoms with Gasteiger partial charge in [0, 0.05) is 6.42 Å². The molecule has 0 heterocycles. The van der Waals surface area contributed by atoms with Gasteiger partial charge in [0.2, 0.25) is 0 Å². The van der Waals surface area contributed by atoms with Crippen LogP contribution in [0.15, 0.2) is 12.2 Å². The molecule has 49 heavy (non-hydrogen) atoms. The summed E-state index contributed by atoms with van der Waals surface area (Å²) in [6, 6.07) is 0. The van der Waals surface area contributed by atoms with Crippen LogP contribution in [0, 0.1) is 0 Å². The molecule has 0 amide bonds. The number of rotatable bonds is 38. The molecule has 0 saturated heterocycles. The standard InChI is InChI=1S/C40H80NO7P/c1-5-6-7-8-9-10-11-12-13-14-15-16-17-18-19-20-21-22-23-24-25-26-27-28-29-30-31-32-33-34-40(43)46-37-39(42)38-48-49(44,45)47-36-35-41(2,3)4/h14-15,39,42H,5-13,16-38H2,1-4H3/p+1/b15-14-. The van der Waals surface area contributed by atoms with Crippen LogP contribution < -0.4 is 0 Å². The topological polar surface area (TPSA) is 102 Å². The van der Waals surface area contributed by atoms with E-state index in [0.29, 0.717) is 17.4 Å². The molecule has 292 valence electrons. The van der Waals surface area contributed by atoms with Crippen molar-refractivity contribution in [3.8, 4) is 0 Å². The Morgan fingerprint density at radius 2 is 1.00 bits per heavy atom. The van der Waals surface area contributed by atoms with Crippen molar-refractivity contribution in [2.24, 2.45) is 0 Å². The monoisotopic (exact) mass is 719 g/mol. The SMILES string of the molecule is CCCCCCCCCC/C=C\CCCCCCCCCCCCCCCCCCCC(=O)OCC(O)COP(=O)(O)OCC[N+](C)(C)C. The maximum atomic E-state index is 11.9. The van der Waals surface area contributed by atoms with Crippen LogP contribution in [-0.2, 0) is 23.1 Å². The van der Waals surface area contributed by atoms with Gasteiger partial charge in [-0.2, -0.15) is 0 Å². The Bertz CT molecular complexity index is 802. The molecule has 0 aromatic rings. The van der Waals surface area contributed by atoms with Gasteiger partial charge >= 0.3 is 13.8 Å². The molecule has 0 fully saturated rings. The van der Waals surface area contributed by atoms with Crippen molar-refractivity contribution in [3.63, 3.8) is 0 Å². The number of quaternary nitrogens is 1. The van der Waals surface area contributed by atoms with Gasteiger partial charge in [0.25, 0.3) is 0 Å². The highest BCUT2D eigenvalue weighted by molar-refractivity contribution is 7.47. The number of likely N-dealkylation sites (N-methyl/N-ethyl adjacent to an activating group) is 1. The lowest BCUT2D eigenvalue weighted by Crippen LogP contribution is -2.37. The Balaban J connectivity index is 3.36. The van der Waals surface area contributed by atoms with E-state index in [9.17, 15) is 19.4 Å². The number of hydrogen-bond donors (Lipinski definition) is 2. The maximum Gasteiger partial charge on any atom is 0.472 e. The smallest absolute Gasteiger partial charge is 0.463 e. The van der Waals surface area contributed by atoms with Crippen LogP contribution in [0.1, 0.15) is 187 Å². The molecule has 0 aromatic heterocycles. The van der Waals surface area contributed by atoms with E-state index in [-0.39, 0.29) is 19.2 Å². The number of nitrogens with zero attached hydrogens (tertiary/aromatic N) is 1. The molecule has 0 radical (unpaired) electrons. The summed E-state index contributed by atoms with van der Waals surface area (Å²) in [6.45, 7) is 2.17. The van der Waals surface area contributed by atoms with Crippen molar-refractivity contribution in [1.82, 2.24) is 0 Å². The van der Waals surface area contributed by atoms with Crippen LogP contribution in [-0.4, -0.2) is 74.1 Å². The van der Waals surface area contributed by atoms with E-state index < -0.39 is 20.5 Å². The number of phosphoric ester groups is 1. The molecule has 0 aliphatic heterocycles. The first-order valence-corrected chi connectivity index (χ1v) is 22.0. The van der Waals surface area contributed by atoms with Crippen molar-refractivity contribution < 1.29 is 37.6 Å². The lowest BCUT2D eigenvalue weighted by atomic mass is 10.0. The summed E-state index contributed by atoms with van der Waals surface area (Å²) in [7, 11) is 1.57. The molecule has 9 heteroatoms. The van der Waals surface area contributed by atoms with Gasteiger partial charge in [-0.05, 0) is 32.1 Å². The normalized spacial score (nSPS) is 14.0. The number of unbranched alkanes of at least 4 members (excludes halogenated alkanes) is 25. The predicted molar refractivity (Wildman–Crippen MR) is 206 cm³/mol. The third-order valence-corrected chi connectivity index (χ3v) is 10.0. The lowest BCUT2D eigenvalue weighted by molar-refractivity contribution is -0.870. The second-order valence-corrected chi connectivity index (χ2v) is 16.7. The molecular weight excluding hydrogens is 637 g/mol. The Morgan fingerprint density at radius 1 is 0.612 bits per heavy atom. The van der Waals surface area contributed by atoms with Crippen LogP contribution in [0.5, 0.6) is 0 Å². The Hall–Kier alpha value is -0.760. The van der Waals surface area contributed by atoms with Crippen molar-refractivity contribution >= 4 is 13.8 Å². The zero-order valence-electron chi connectivity index (χ0n) is 32.7. The number of esters is 1. The van der Waals surface area contributed by atoms with Gasteiger partial charge in [-0.1, -0.05) is 160 Å². The number of aliphatic hydroxyl groups is 1. The molecule has 2 unspecified atom stereocenters. The van der Waals surface area contributed by atoms with E-state index in [4.69, 9.17) is 13.8 Å². The molecule has 0 bridgehead atoms. The van der Waals surface area contributed by atoms with Crippen molar-refractivity contribution in [2.45, 2.75) is 193 Å². The van der Waals surface area contributed by atoms with Gasteiger partial charge in [-0.15, -0.1) is 0 Å². The first-order valence-electron chi connectivity index (χ1n) is 20.5. The molecule has 2 N–H and O–H groups in total. The van der Waals surface area contributed by atoms with Gasteiger partial charge in [0.15, 0.2) is 0 Å². The van der Waals surface area contributed by atoms with E-state index in [2.05, 4.69) is 19.1 Å². The third-order valence-electron chi connectivity index (χ3n) is 9.03. The van der Waals surface area contributed by atoms with Crippen LogP contribution in [0.4, 0.5) is 0 Å². The molecule has 2 atom stereocenters. The van der Waals surface area contributed by atoms with Gasteiger partial charge in [-0.3, -0.25) is 13.8 Å². The number of phosphoric acid groups is 1. The number of hydrogen-bond acceptors (Lipinski definition) is 6. The first kappa shape index (κ1) is 48.2. The summed E-state index contributed by atoms with van der Waals surface area (Å²) < 4.78 is 27.2. The van der Waals surface area contributed by atoms with E-state index in [1.165, 1.54) is 154 Å². The first-order chi connectivity index (χ1) is 23.6. The quantitative estimate of drug-likeness (QED) is 0.0215. The number of carbonyl (C=O) groups is 1. The van der Waals surface area contributed by atoms with Gasteiger partial charge in [-0.25, -0.2) is 4.57 Å². The van der Waals surface area contributed by atoms with E-state index >= 15 is 0 Å². The molecular formula is C40H81NO7P+. The highest BCUT2D eigenvalue weighted by atomic mass is 31.2. The predicted octanol–water partition coefficient (Wildman–Crippen LogP) is 11.2. The fraction of sp³-hybridized carbons (Fsp3) is 0.925. The minimum absolute atomic E-state index is 0.0564.